The largest absolute Gasteiger partial charge is 0.343 e. The van der Waals surface area contributed by atoms with Crippen LogP contribution in [0.5, 0.6) is 0 Å². The Bertz CT molecular complexity index is 2640. The first-order valence-corrected chi connectivity index (χ1v) is 17.5. The number of para-hydroxylation sites is 1. The Balaban J connectivity index is 1.32. The Morgan fingerprint density at radius 3 is 2.38 bits per heavy atom. The fraction of sp³-hybridized carbons (Fsp3) is 0.0227. The third-order valence-corrected chi connectivity index (χ3v) is 10.5. The maximum atomic E-state index is 5.52. The summed E-state index contributed by atoms with van der Waals surface area (Å²) in [6.45, 7) is 0.793. The normalized spacial score (nSPS) is 16.2. The monoisotopic (exact) mass is 659 g/mol. The number of anilines is 1. The molecule has 0 unspecified atom stereocenters. The second-order valence-corrected chi connectivity index (χ2v) is 13.4. The van der Waals surface area contributed by atoms with E-state index >= 15 is 0 Å². The zero-order chi connectivity index (χ0) is 33.0. The van der Waals surface area contributed by atoms with Gasteiger partial charge in [0.2, 0.25) is 0 Å². The molecule has 10 rings (SSSR count). The number of hydrogen-bond acceptors (Lipinski definition) is 6. The number of nitrogens with one attached hydrogen (secondary N) is 1. The average molecular weight is 660 g/mol. The van der Waals surface area contributed by atoms with Gasteiger partial charge in [-0.2, -0.15) is 5.10 Å². The maximum absolute atomic E-state index is 5.52. The molecule has 5 nitrogen and oxygen atoms in total. The van der Waals surface area contributed by atoms with E-state index in [2.05, 4.69) is 150 Å². The van der Waals surface area contributed by atoms with E-state index in [0.29, 0.717) is 0 Å². The van der Waals surface area contributed by atoms with Crippen molar-refractivity contribution in [2.75, 3.05) is 12.0 Å². The fourth-order valence-corrected chi connectivity index (χ4v) is 8.11. The number of pyridine rings is 1. The van der Waals surface area contributed by atoms with Gasteiger partial charge in [-0.1, -0.05) is 121 Å². The SMILES string of the molecule is C1=CC(C2=C(c3ccc4ccc5ccccc5c4n3)C(C3=NNc4ccccc4C=C3)=NSc3ccccc32)=C2c3ccccc3C=CN2C1. The molecule has 0 saturated carbocycles. The van der Waals surface area contributed by atoms with Crippen molar-refractivity contribution >= 4 is 79.7 Å². The highest BCUT2D eigenvalue weighted by molar-refractivity contribution is 7.98. The standard InChI is InChI=1S/C44H29N5S/c1-4-13-32-28(10-1)19-20-31-22-23-37(45-42(31)32)41-40(35-16-9-26-49-27-25-29-11-2-5-14-33(29)44(35)49)34-15-6-8-18-39(34)50-48-43(41)38-24-21-30-12-3-7-17-36(30)46-47-38/h1-25,27,46H,26H2. The highest BCUT2D eigenvalue weighted by Crippen LogP contribution is 2.47. The molecule has 6 heteroatoms. The topological polar surface area (TPSA) is 52.9 Å². The lowest BCUT2D eigenvalue weighted by molar-refractivity contribution is 0.584. The molecule has 0 radical (unpaired) electrons. The number of benzene rings is 5. The Labute approximate surface area is 294 Å². The lowest BCUT2D eigenvalue weighted by Gasteiger charge is -2.33. The number of rotatable bonds is 3. The average Bonchev–Trinajstić information content (AvgIpc) is 3.50. The predicted octanol–water partition coefficient (Wildman–Crippen LogP) is 10.5. The summed E-state index contributed by atoms with van der Waals surface area (Å²) in [6, 6.07) is 42.6. The molecule has 1 aromatic heterocycles. The van der Waals surface area contributed by atoms with Gasteiger partial charge in [0.15, 0.2) is 0 Å². The molecule has 0 saturated heterocycles. The van der Waals surface area contributed by atoms with Gasteiger partial charge in [0.05, 0.1) is 22.6 Å². The van der Waals surface area contributed by atoms with Crippen molar-refractivity contribution in [1.29, 1.82) is 0 Å². The van der Waals surface area contributed by atoms with Crippen molar-refractivity contribution in [3.05, 3.63) is 179 Å². The molecule has 236 valence electrons. The van der Waals surface area contributed by atoms with Crippen LogP contribution in [-0.2, 0) is 0 Å². The van der Waals surface area contributed by atoms with Crippen LogP contribution in [0, 0.1) is 0 Å². The molecular weight excluding hydrogens is 631 g/mol. The van der Waals surface area contributed by atoms with Crippen molar-refractivity contribution in [2.45, 2.75) is 4.90 Å². The van der Waals surface area contributed by atoms with Gasteiger partial charge >= 0.3 is 0 Å². The molecule has 0 bridgehead atoms. The minimum Gasteiger partial charge on any atom is -0.343 e. The van der Waals surface area contributed by atoms with E-state index in [-0.39, 0.29) is 0 Å². The van der Waals surface area contributed by atoms with Gasteiger partial charge in [0.1, 0.15) is 11.4 Å². The van der Waals surface area contributed by atoms with E-state index in [1.165, 1.54) is 28.8 Å². The molecule has 6 aromatic rings. The molecule has 0 atom stereocenters. The molecule has 4 aliphatic rings. The molecule has 0 amide bonds. The Kier molecular flexibility index (Phi) is 6.74. The number of hydrazone groups is 1. The summed E-state index contributed by atoms with van der Waals surface area (Å²) in [5, 5.41) is 8.37. The van der Waals surface area contributed by atoms with E-state index in [1.807, 2.05) is 18.2 Å². The summed E-state index contributed by atoms with van der Waals surface area (Å²) in [4.78, 5) is 8.95. The zero-order valence-electron chi connectivity index (χ0n) is 26.9. The van der Waals surface area contributed by atoms with E-state index in [9.17, 15) is 0 Å². The van der Waals surface area contributed by atoms with Crippen LogP contribution in [0.15, 0.2) is 166 Å². The second-order valence-electron chi connectivity index (χ2n) is 12.6. The van der Waals surface area contributed by atoms with Crippen LogP contribution in [0.25, 0.3) is 50.7 Å². The van der Waals surface area contributed by atoms with Crippen LogP contribution < -0.4 is 5.43 Å². The lowest BCUT2D eigenvalue weighted by Crippen LogP contribution is -2.24. The van der Waals surface area contributed by atoms with Crippen molar-refractivity contribution in [1.82, 2.24) is 9.88 Å². The number of nitrogens with zero attached hydrogens (tertiary/aromatic N) is 4. The number of aromatic nitrogens is 1. The highest BCUT2D eigenvalue weighted by Gasteiger charge is 2.32. The summed E-state index contributed by atoms with van der Waals surface area (Å²) in [5.74, 6) is 0. The zero-order valence-corrected chi connectivity index (χ0v) is 27.7. The minimum absolute atomic E-state index is 0.736. The quantitative estimate of drug-likeness (QED) is 0.152. The molecule has 5 heterocycles. The highest BCUT2D eigenvalue weighted by atomic mass is 32.2. The minimum atomic E-state index is 0.736. The molecule has 1 N–H and O–H groups in total. The molecule has 4 aliphatic heterocycles. The summed E-state index contributed by atoms with van der Waals surface area (Å²) in [5.41, 5.74) is 16.5. The molecule has 5 aromatic carbocycles. The predicted molar refractivity (Wildman–Crippen MR) is 211 cm³/mol. The molecule has 0 spiro atoms. The Morgan fingerprint density at radius 2 is 1.42 bits per heavy atom. The first kappa shape index (κ1) is 28.7. The van der Waals surface area contributed by atoms with Gasteiger partial charge in [-0.05, 0) is 52.4 Å². The van der Waals surface area contributed by atoms with E-state index < -0.39 is 0 Å². The fourth-order valence-electron chi connectivity index (χ4n) is 7.32. The van der Waals surface area contributed by atoms with Crippen molar-refractivity contribution in [3.8, 4) is 0 Å². The third kappa shape index (κ3) is 4.68. The van der Waals surface area contributed by atoms with Gasteiger partial charge in [0, 0.05) is 62.6 Å². The van der Waals surface area contributed by atoms with Crippen LogP contribution in [0.2, 0.25) is 0 Å². The summed E-state index contributed by atoms with van der Waals surface area (Å²) < 4.78 is 5.33. The summed E-state index contributed by atoms with van der Waals surface area (Å²) in [7, 11) is 0. The number of allylic oxidation sites excluding steroid dienone is 5. The number of hydrogen-bond donors (Lipinski definition) is 1. The Hall–Kier alpha value is -6.24. The lowest BCUT2D eigenvalue weighted by atomic mass is 9.83. The van der Waals surface area contributed by atoms with Gasteiger partial charge < -0.3 is 4.90 Å². The van der Waals surface area contributed by atoms with Gasteiger partial charge in [-0.25, -0.2) is 9.38 Å². The van der Waals surface area contributed by atoms with Crippen LogP contribution in [0.3, 0.4) is 0 Å². The summed E-state index contributed by atoms with van der Waals surface area (Å²) in [6.07, 6.45) is 13.1. The van der Waals surface area contributed by atoms with Crippen molar-refractivity contribution in [2.24, 2.45) is 9.50 Å². The first-order chi connectivity index (χ1) is 24.8. The summed E-state index contributed by atoms with van der Waals surface area (Å²) >= 11 is 1.49. The maximum Gasteiger partial charge on any atom is 0.110 e. The van der Waals surface area contributed by atoms with Crippen LogP contribution >= 0.6 is 11.9 Å². The molecular formula is C44H29N5S. The molecule has 0 fully saturated rings. The second kappa shape index (κ2) is 11.7. The van der Waals surface area contributed by atoms with E-state index in [4.69, 9.17) is 14.5 Å². The molecule has 50 heavy (non-hydrogen) atoms. The Morgan fingerprint density at radius 1 is 0.640 bits per heavy atom. The van der Waals surface area contributed by atoms with Crippen molar-refractivity contribution < 1.29 is 0 Å². The van der Waals surface area contributed by atoms with Gasteiger partial charge in [0.25, 0.3) is 0 Å². The van der Waals surface area contributed by atoms with E-state index in [0.717, 1.165) is 83.8 Å². The van der Waals surface area contributed by atoms with Crippen LogP contribution in [0.1, 0.15) is 27.9 Å². The van der Waals surface area contributed by atoms with Crippen molar-refractivity contribution in [3.63, 3.8) is 0 Å². The first-order valence-electron chi connectivity index (χ1n) is 16.7. The van der Waals surface area contributed by atoms with Gasteiger partial charge in [-0.3, -0.25) is 5.43 Å². The van der Waals surface area contributed by atoms with Crippen LogP contribution in [0.4, 0.5) is 5.69 Å². The van der Waals surface area contributed by atoms with Crippen LogP contribution in [-0.4, -0.2) is 27.9 Å². The third-order valence-electron chi connectivity index (χ3n) is 9.69. The van der Waals surface area contributed by atoms with E-state index in [1.54, 1.807) is 0 Å². The number of fused-ring (bicyclic) bond motifs is 8. The van der Waals surface area contributed by atoms with Gasteiger partial charge in [-0.15, -0.1) is 0 Å². The molecule has 0 aliphatic carbocycles. The smallest absolute Gasteiger partial charge is 0.110 e.